The third-order valence-electron chi connectivity index (χ3n) is 4.88. The Morgan fingerprint density at radius 3 is 2.39 bits per heavy atom. The lowest BCUT2D eigenvalue weighted by Crippen LogP contribution is -2.35. The molecule has 3 aromatic rings. The monoisotopic (exact) mass is 590 g/mol. The van der Waals surface area contributed by atoms with E-state index in [2.05, 4.69) is 37.3 Å². The molecule has 1 N–H and O–H groups in total. The summed E-state index contributed by atoms with van der Waals surface area (Å²) in [5.41, 5.74) is 4.68. The fourth-order valence-electron chi connectivity index (χ4n) is 3.20. The second-order valence-electron chi connectivity index (χ2n) is 7.02. The lowest BCUT2D eigenvalue weighted by Gasteiger charge is -2.16. The molecule has 0 saturated carbocycles. The Kier molecular flexibility index (Phi) is 7.07. The highest BCUT2D eigenvalue weighted by Crippen LogP contribution is 2.44. The van der Waals surface area contributed by atoms with Crippen molar-refractivity contribution in [2.75, 3.05) is 12.1 Å². The average molecular weight is 593 g/mol. The molecule has 1 heterocycles. The number of benzene rings is 3. The Hall–Kier alpha value is -2.81. The molecule has 9 heteroatoms. The highest BCUT2D eigenvalue weighted by molar-refractivity contribution is 9.13. The van der Waals surface area contributed by atoms with Crippen LogP contribution < -0.4 is 19.9 Å². The van der Waals surface area contributed by atoms with Crippen molar-refractivity contribution >= 4 is 67.0 Å². The zero-order valence-electron chi connectivity index (χ0n) is 17.3. The first-order chi connectivity index (χ1) is 15.9. The molecule has 0 spiro atoms. The van der Waals surface area contributed by atoms with Crippen LogP contribution in [0.15, 0.2) is 75.2 Å². The topological polar surface area (TPSA) is 67.9 Å². The molecule has 0 unspecified atom stereocenters. The lowest BCUT2D eigenvalue weighted by atomic mass is 10.1. The Labute approximate surface area is 212 Å². The molecule has 1 fully saturated rings. The van der Waals surface area contributed by atoms with Crippen LogP contribution in [0, 0.1) is 0 Å². The van der Waals surface area contributed by atoms with E-state index in [0.717, 1.165) is 5.56 Å². The molecule has 0 bridgehead atoms. The number of carbonyl (C=O) groups excluding carboxylic acids is 2. The SMILES string of the molecule is COc1cc(/C=C2/C(=O)NN(c3ccccc3)C2=O)c(Br)c(Br)c1OCc1ccc(Cl)cc1. The third-order valence-corrected chi connectivity index (χ3v) is 7.27. The van der Waals surface area contributed by atoms with Gasteiger partial charge in [-0.1, -0.05) is 41.9 Å². The number of nitrogens with one attached hydrogen (secondary N) is 1. The molecule has 1 aliphatic heterocycles. The summed E-state index contributed by atoms with van der Waals surface area (Å²) in [5, 5.41) is 1.87. The molecule has 1 saturated heterocycles. The highest BCUT2D eigenvalue weighted by atomic mass is 79.9. The minimum absolute atomic E-state index is 0.00309. The quantitative estimate of drug-likeness (QED) is 0.285. The van der Waals surface area contributed by atoms with Crippen molar-refractivity contribution in [2.45, 2.75) is 6.61 Å². The van der Waals surface area contributed by atoms with E-state index >= 15 is 0 Å². The van der Waals surface area contributed by atoms with Gasteiger partial charge in [0.2, 0.25) is 0 Å². The highest BCUT2D eigenvalue weighted by Gasteiger charge is 2.34. The van der Waals surface area contributed by atoms with Gasteiger partial charge in [0, 0.05) is 9.50 Å². The number of methoxy groups -OCH3 is 1. The summed E-state index contributed by atoms with van der Waals surface area (Å²) in [6, 6.07) is 17.9. The number of anilines is 1. The van der Waals surface area contributed by atoms with Gasteiger partial charge in [-0.05, 0) is 79.4 Å². The number of nitrogens with zero attached hydrogens (tertiary/aromatic N) is 1. The van der Waals surface area contributed by atoms with Crippen LogP contribution >= 0.6 is 43.5 Å². The summed E-state index contributed by atoms with van der Waals surface area (Å²) in [6.45, 7) is 0.298. The van der Waals surface area contributed by atoms with E-state index in [1.165, 1.54) is 18.2 Å². The number of hydrogen-bond acceptors (Lipinski definition) is 4. The molecule has 0 radical (unpaired) electrons. The summed E-state index contributed by atoms with van der Waals surface area (Å²) in [6.07, 6.45) is 1.51. The first-order valence-electron chi connectivity index (χ1n) is 9.74. The Morgan fingerprint density at radius 2 is 1.73 bits per heavy atom. The van der Waals surface area contributed by atoms with Crippen LogP contribution in [0.5, 0.6) is 11.5 Å². The minimum Gasteiger partial charge on any atom is -0.493 e. The predicted octanol–water partition coefficient (Wildman–Crippen LogP) is 5.91. The minimum atomic E-state index is -0.492. The second-order valence-corrected chi connectivity index (χ2v) is 9.04. The van der Waals surface area contributed by atoms with Crippen molar-refractivity contribution < 1.29 is 19.1 Å². The molecular formula is C24H17Br2ClN2O4. The van der Waals surface area contributed by atoms with E-state index < -0.39 is 11.8 Å². The predicted molar refractivity (Wildman–Crippen MR) is 134 cm³/mol. The van der Waals surface area contributed by atoms with E-state index in [9.17, 15) is 9.59 Å². The van der Waals surface area contributed by atoms with E-state index in [0.29, 0.717) is 43.3 Å². The van der Waals surface area contributed by atoms with Gasteiger partial charge in [0.1, 0.15) is 12.2 Å². The summed E-state index contributed by atoms with van der Waals surface area (Å²) in [4.78, 5) is 25.4. The van der Waals surface area contributed by atoms with Gasteiger partial charge in [-0.25, -0.2) is 5.01 Å². The van der Waals surface area contributed by atoms with Crippen molar-refractivity contribution in [3.8, 4) is 11.5 Å². The first-order valence-corrected chi connectivity index (χ1v) is 11.7. The average Bonchev–Trinajstić information content (AvgIpc) is 3.11. The van der Waals surface area contributed by atoms with Crippen LogP contribution in [0.2, 0.25) is 5.02 Å². The maximum atomic E-state index is 12.9. The zero-order chi connectivity index (χ0) is 23.5. The van der Waals surface area contributed by atoms with Crippen LogP contribution in [0.3, 0.4) is 0 Å². The van der Waals surface area contributed by atoms with E-state index in [-0.39, 0.29) is 5.57 Å². The third kappa shape index (κ3) is 4.93. The van der Waals surface area contributed by atoms with Crippen molar-refractivity contribution in [3.63, 3.8) is 0 Å². The first kappa shape index (κ1) is 23.4. The van der Waals surface area contributed by atoms with Crippen LogP contribution in [-0.4, -0.2) is 18.9 Å². The summed E-state index contributed by atoms with van der Waals surface area (Å²) in [5.74, 6) is -0.0172. The summed E-state index contributed by atoms with van der Waals surface area (Å²) < 4.78 is 12.7. The van der Waals surface area contributed by atoms with E-state index in [1.807, 2.05) is 18.2 Å². The number of rotatable bonds is 6. The Morgan fingerprint density at radius 1 is 1.03 bits per heavy atom. The Bertz CT molecular complexity index is 1250. The Balaban J connectivity index is 1.64. The molecule has 0 aliphatic carbocycles. The van der Waals surface area contributed by atoms with Crippen LogP contribution in [0.4, 0.5) is 5.69 Å². The molecule has 2 amide bonds. The molecule has 33 heavy (non-hydrogen) atoms. The van der Waals surface area contributed by atoms with Gasteiger partial charge < -0.3 is 9.47 Å². The van der Waals surface area contributed by atoms with Gasteiger partial charge in [-0.15, -0.1) is 0 Å². The molecule has 4 rings (SSSR count). The zero-order valence-corrected chi connectivity index (χ0v) is 21.2. The normalized spacial score (nSPS) is 14.5. The fraction of sp³-hybridized carbons (Fsp3) is 0.0833. The van der Waals surface area contributed by atoms with Crippen LogP contribution in [0.1, 0.15) is 11.1 Å². The largest absolute Gasteiger partial charge is 0.493 e. The smallest absolute Gasteiger partial charge is 0.282 e. The van der Waals surface area contributed by atoms with Crippen molar-refractivity contribution in [1.29, 1.82) is 0 Å². The van der Waals surface area contributed by atoms with E-state index in [1.54, 1.807) is 42.5 Å². The molecule has 6 nitrogen and oxygen atoms in total. The maximum Gasteiger partial charge on any atom is 0.282 e. The van der Waals surface area contributed by atoms with Gasteiger partial charge in [-0.3, -0.25) is 15.0 Å². The van der Waals surface area contributed by atoms with Gasteiger partial charge in [0.15, 0.2) is 11.5 Å². The standard InChI is InChI=1S/C24H17Br2ClN2O4/c1-32-19-12-15(11-18-23(30)28-29(24(18)31)17-5-3-2-4-6-17)20(25)21(26)22(19)33-13-14-7-9-16(27)10-8-14/h2-12H,13H2,1H3,(H,28,30)/b18-11-. The number of ether oxygens (including phenoxy) is 2. The van der Waals surface area contributed by atoms with Crippen molar-refractivity contribution in [2.24, 2.45) is 0 Å². The molecule has 0 aromatic heterocycles. The molecule has 0 atom stereocenters. The molecular weight excluding hydrogens is 576 g/mol. The number of carbonyl (C=O) groups is 2. The van der Waals surface area contributed by atoms with Gasteiger partial charge >= 0.3 is 0 Å². The van der Waals surface area contributed by atoms with E-state index in [4.69, 9.17) is 21.1 Å². The number of hydrogen-bond donors (Lipinski definition) is 1. The van der Waals surface area contributed by atoms with Crippen molar-refractivity contribution in [1.82, 2.24) is 5.43 Å². The maximum absolute atomic E-state index is 12.9. The van der Waals surface area contributed by atoms with Crippen LogP contribution in [-0.2, 0) is 16.2 Å². The molecule has 168 valence electrons. The fourth-order valence-corrected chi connectivity index (χ4v) is 4.28. The number of hydrazine groups is 1. The van der Waals surface area contributed by atoms with Gasteiger partial charge in [0.05, 0.1) is 17.3 Å². The van der Waals surface area contributed by atoms with Gasteiger partial charge in [-0.2, -0.15) is 0 Å². The van der Waals surface area contributed by atoms with Crippen molar-refractivity contribution in [3.05, 3.63) is 91.3 Å². The summed E-state index contributed by atoms with van der Waals surface area (Å²) in [7, 11) is 1.52. The molecule has 1 aliphatic rings. The van der Waals surface area contributed by atoms with Crippen LogP contribution in [0.25, 0.3) is 6.08 Å². The molecule has 3 aromatic carbocycles. The van der Waals surface area contributed by atoms with Gasteiger partial charge in [0.25, 0.3) is 11.8 Å². The number of amides is 2. The second kappa shape index (κ2) is 9.99. The number of para-hydroxylation sites is 1. The lowest BCUT2D eigenvalue weighted by molar-refractivity contribution is -0.117. The number of halogens is 3. The summed E-state index contributed by atoms with van der Waals surface area (Å²) >= 11 is 13.0.